The Hall–Kier alpha value is -1.98. The Morgan fingerprint density at radius 3 is 2.48 bits per heavy atom. The number of cyclic esters (lactones) is 4. The molecule has 0 aromatic carbocycles. The molecule has 4 unspecified atom stereocenters. The summed E-state index contributed by atoms with van der Waals surface area (Å²) in [6, 6.07) is 0. The molecule has 4 atom stereocenters. The monoisotopic (exact) mass is 320 g/mol. The standard InChI is InChI=1S/C9H12O3.C8H8O3/c1-9-5-3-2-4-6(9)7(10)12-8(9)11;9-7-5-3-1-2-4-6(5)8(10)11-7/h6H,2-5H2,1H3;1,3,5-6H,2,4H2. The van der Waals surface area contributed by atoms with E-state index in [9.17, 15) is 19.2 Å². The van der Waals surface area contributed by atoms with Crippen molar-refractivity contribution >= 4 is 23.9 Å². The van der Waals surface area contributed by atoms with Crippen LogP contribution in [0.25, 0.3) is 0 Å². The Morgan fingerprint density at radius 1 is 1.00 bits per heavy atom. The third-order valence-corrected chi connectivity index (χ3v) is 5.35. The van der Waals surface area contributed by atoms with Gasteiger partial charge >= 0.3 is 23.9 Å². The molecule has 3 fully saturated rings. The van der Waals surface area contributed by atoms with Gasteiger partial charge in [0.25, 0.3) is 0 Å². The summed E-state index contributed by atoms with van der Waals surface area (Å²) in [5, 5.41) is 0. The van der Waals surface area contributed by atoms with Gasteiger partial charge in [-0.15, -0.1) is 0 Å². The zero-order valence-electron chi connectivity index (χ0n) is 13.1. The van der Waals surface area contributed by atoms with Gasteiger partial charge in [-0.25, -0.2) is 0 Å². The van der Waals surface area contributed by atoms with Crippen molar-refractivity contribution in [2.75, 3.05) is 0 Å². The number of hydrogen-bond donors (Lipinski definition) is 0. The predicted molar refractivity (Wildman–Crippen MR) is 77.6 cm³/mol. The van der Waals surface area contributed by atoms with E-state index in [-0.39, 0.29) is 41.6 Å². The van der Waals surface area contributed by atoms with Gasteiger partial charge in [0.05, 0.1) is 23.2 Å². The van der Waals surface area contributed by atoms with Crippen LogP contribution in [0.15, 0.2) is 12.2 Å². The molecule has 0 spiro atoms. The van der Waals surface area contributed by atoms with Gasteiger partial charge in [-0.05, 0) is 32.6 Å². The maximum absolute atomic E-state index is 11.3. The number of rotatable bonds is 0. The SMILES string of the molecule is CC12CCCCC1C(=O)OC2=O.O=C1OC(=O)C2CCC=CC12. The van der Waals surface area contributed by atoms with Crippen molar-refractivity contribution in [2.45, 2.75) is 45.4 Å². The molecular formula is C17H20O6. The molecule has 0 radical (unpaired) electrons. The number of carbonyl (C=O) groups is 4. The summed E-state index contributed by atoms with van der Waals surface area (Å²) >= 11 is 0. The molecular weight excluding hydrogens is 300 g/mol. The lowest BCUT2D eigenvalue weighted by Gasteiger charge is -2.29. The van der Waals surface area contributed by atoms with E-state index in [0.717, 1.165) is 38.5 Å². The van der Waals surface area contributed by atoms with Crippen LogP contribution in [0.2, 0.25) is 0 Å². The van der Waals surface area contributed by atoms with Crippen molar-refractivity contribution in [2.24, 2.45) is 23.2 Å². The predicted octanol–water partition coefficient (Wildman–Crippen LogP) is 1.92. The van der Waals surface area contributed by atoms with E-state index in [1.807, 2.05) is 13.0 Å². The highest BCUT2D eigenvalue weighted by Gasteiger charge is 2.54. The van der Waals surface area contributed by atoms with E-state index in [4.69, 9.17) is 0 Å². The minimum absolute atomic E-state index is 0.154. The first-order valence-corrected chi connectivity index (χ1v) is 8.12. The third-order valence-electron chi connectivity index (χ3n) is 5.35. The van der Waals surface area contributed by atoms with Gasteiger partial charge < -0.3 is 9.47 Å². The fraction of sp³-hybridized carbons (Fsp3) is 0.647. The normalized spacial score (nSPS) is 38.2. The molecule has 2 saturated heterocycles. The molecule has 0 bridgehead atoms. The smallest absolute Gasteiger partial charge is 0.321 e. The molecule has 0 aromatic rings. The largest absolute Gasteiger partial charge is 0.392 e. The van der Waals surface area contributed by atoms with Crippen molar-refractivity contribution < 1.29 is 28.7 Å². The Morgan fingerprint density at radius 2 is 1.78 bits per heavy atom. The second-order valence-corrected chi connectivity index (χ2v) is 6.80. The topological polar surface area (TPSA) is 86.7 Å². The van der Waals surface area contributed by atoms with E-state index >= 15 is 0 Å². The fourth-order valence-electron chi connectivity index (χ4n) is 3.82. The Balaban J connectivity index is 0.000000136. The van der Waals surface area contributed by atoms with Crippen molar-refractivity contribution in [1.29, 1.82) is 0 Å². The molecule has 1 saturated carbocycles. The zero-order valence-corrected chi connectivity index (χ0v) is 13.1. The first kappa shape index (κ1) is 15.9. The molecule has 4 aliphatic rings. The Labute approximate surface area is 134 Å². The van der Waals surface area contributed by atoms with Crippen molar-refractivity contribution in [1.82, 2.24) is 0 Å². The van der Waals surface area contributed by atoms with Crippen LogP contribution in [0.1, 0.15) is 45.4 Å². The van der Waals surface area contributed by atoms with Crippen LogP contribution in [0.3, 0.4) is 0 Å². The molecule has 124 valence electrons. The molecule has 4 rings (SSSR count). The highest BCUT2D eigenvalue weighted by atomic mass is 16.6. The van der Waals surface area contributed by atoms with Crippen molar-refractivity contribution in [3.8, 4) is 0 Å². The number of hydrogen-bond acceptors (Lipinski definition) is 6. The first-order valence-electron chi connectivity index (χ1n) is 8.12. The van der Waals surface area contributed by atoms with Crippen molar-refractivity contribution in [3.05, 3.63) is 12.2 Å². The molecule has 6 heteroatoms. The van der Waals surface area contributed by atoms with E-state index in [0.29, 0.717) is 0 Å². The van der Waals surface area contributed by atoms with Crippen LogP contribution < -0.4 is 0 Å². The lowest BCUT2D eigenvalue weighted by molar-refractivity contribution is -0.156. The molecule has 0 aromatic heterocycles. The highest BCUT2D eigenvalue weighted by Crippen LogP contribution is 2.46. The summed E-state index contributed by atoms with van der Waals surface area (Å²) in [4.78, 5) is 44.3. The van der Waals surface area contributed by atoms with Gasteiger partial charge in [0, 0.05) is 0 Å². The summed E-state index contributed by atoms with van der Waals surface area (Å²) in [6.45, 7) is 1.85. The third kappa shape index (κ3) is 2.71. The maximum atomic E-state index is 11.3. The average molecular weight is 320 g/mol. The van der Waals surface area contributed by atoms with Crippen LogP contribution in [-0.4, -0.2) is 23.9 Å². The summed E-state index contributed by atoms with van der Waals surface area (Å²) in [5.41, 5.74) is -0.491. The summed E-state index contributed by atoms with van der Waals surface area (Å²) in [7, 11) is 0. The minimum Gasteiger partial charge on any atom is -0.392 e. The number of fused-ring (bicyclic) bond motifs is 2. The molecule has 0 amide bonds. The van der Waals surface area contributed by atoms with Crippen LogP contribution >= 0.6 is 0 Å². The molecule has 2 heterocycles. The van der Waals surface area contributed by atoms with Crippen LogP contribution in [-0.2, 0) is 28.7 Å². The van der Waals surface area contributed by atoms with Crippen LogP contribution in [0.5, 0.6) is 0 Å². The first-order chi connectivity index (χ1) is 10.9. The zero-order chi connectivity index (χ0) is 16.6. The van der Waals surface area contributed by atoms with Gasteiger partial charge in [-0.3, -0.25) is 19.2 Å². The molecule has 6 nitrogen and oxygen atoms in total. The van der Waals surface area contributed by atoms with Gasteiger partial charge in [0.15, 0.2) is 0 Å². The van der Waals surface area contributed by atoms with Crippen LogP contribution in [0, 0.1) is 23.2 Å². The van der Waals surface area contributed by atoms with E-state index in [1.54, 1.807) is 6.08 Å². The van der Waals surface area contributed by atoms with Crippen molar-refractivity contribution in [3.63, 3.8) is 0 Å². The van der Waals surface area contributed by atoms with Gasteiger partial charge in [-0.2, -0.15) is 0 Å². The number of esters is 4. The van der Waals surface area contributed by atoms with Gasteiger partial charge in [0.1, 0.15) is 0 Å². The Kier molecular flexibility index (Phi) is 4.08. The number of carbonyl (C=O) groups excluding carboxylic acids is 4. The molecule has 23 heavy (non-hydrogen) atoms. The maximum Gasteiger partial charge on any atom is 0.321 e. The second kappa shape index (κ2) is 5.91. The summed E-state index contributed by atoms with van der Waals surface area (Å²) in [6.07, 6.45) is 9.05. The fourth-order valence-corrected chi connectivity index (χ4v) is 3.82. The molecule has 2 aliphatic heterocycles. The lowest BCUT2D eigenvalue weighted by Crippen LogP contribution is -2.33. The second-order valence-electron chi connectivity index (χ2n) is 6.80. The minimum atomic E-state index is -0.491. The summed E-state index contributed by atoms with van der Waals surface area (Å²) < 4.78 is 9.11. The van der Waals surface area contributed by atoms with E-state index < -0.39 is 5.41 Å². The highest BCUT2D eigenvalue weighted by molar-refractivity contribution is 5.99. The molecule has 2 aliphatic carbocycles. The van der Waals surface area contributed by atoms with Gasteiger partial charge in [-0.1, -0.05) is 25.0 Å². The van der Waals surface area contributed by atoms with E-state index in [1.165, 1.54) is 0 Å². The van der Waals surface area contributed by atoms with Gasteiger partial charge in [0.2, 0.25) is 0 Å². The quantitative estimate of drug-likeness (QED) is 0.385. The average Bonchev–Trinajstić information content (AvgIpc) is 2.95. The number of allylic oxidation sites excluding steroid dienone is 1. The van der Waals surface area contributed by atoms with Crippen LogP contribution in [0.4, 0.5) is 0 Å². The molecule has 0 N–H and O–H groups in total. The number of ether oxygens (including phenoxy) is 2. The lowest BCUT2D eigenvalue weighted by atomic mass is 9.69. The Bertz CT molecular complexity index is 592. The summed E-state index contributed by atoms with van der Waals surface area (Å²) in [5.74, 6) is -1.96. The van der Waals surface area contributed by atoms with E-state index in [2.05, 4.69) is 9.47 Å².